The number of hydrogen-bond acceptors (Lipinski definition) is 3. The Labute approximate surface area is 92.6 Å². The van der Waals surface area contributed by atoms with E-state index in [4.69, 9.17) is 0 Å². The van der Waals surface area contributed by atoms with Crippen LogP contribution in [0.4, 0.5) is 4.39 Å². The van der Waals surface area contributed by atoms with E-state index in [9.17, 15) is 12.8 Å². The number of halogens is 1. The van der Waals surface area contributed by atoms with Crippen LogP contribution in [0.15, 0.2) is 41.3 Å². The van der Waals surface area contributed by atoms with Gasteiger partial charge in [0.15, 0.2) is 0 Å². The standard InChI is InChI=1S/C11H9FO3S/c1-15-16(13,14)9-6-8-4-2-3-5-10(8)11(12)7-9/h2-7H,1H3. The first-order valence-electron chi connectivity index (χ1n) is 4.53. The normalized spacial score (nSPS) is 11.9. The second-order valence-corrected chi connectivity index (χ2v) is 4.96. The summed E-state index contributed by atoms with van der Waals surface area (Å²) < 4.78 is 40.7. The van der Waals surface area contributed by atoms with Crippen LogP contribution < -0.4 is 0 Å². The van der Waals surface area contributed by atoms with Crippen LogP contribution in [0.1, 0.15) is 0 Å². The van der Waals surface area contributed by atoms with Crippen molar-refractivity contribution >= 4 is 20.9 Å². The molecule has 16 heavy (non-hydrogen) atoms. The van der Waals surface area contributed by atoms with Gasteiger partial charge in [0, 0.05) is 5.39 Å². The number of rotatable bonds is 2. The molecule has 0 bridgehead atoms. The van der Waals surface area contributed by atoms with Crippen LogP contribution in [-0.2, 0) is 14.3 Å². The zero-order valence-electron chi connectivity index (χ0n) is 8.48. The molecule has 0 aromatic heterocycles. The van der Waals surface area contributed by atoms with Crippen molar-refractivity contribution < 1.29 is 17.0 Å². The molecule has 84 valence electrons. The summed E-state index contributed by atoms with van der Waals surface area (Å²) in [5.74, 6) is -0.575. The van der Waals surface area contributed by atoms with Gasteiger partial charge in [-0.3, -0.25) is 4.18 Å². The van der Waals surface area contributed by atoms with E-state index >= 15 is 0 Å². The van der Waals surface area contributed by atoms with Crippen molar-refractivity contribution in [3.8, 4) is 0 Å². The molecular formula is C11H9FO3S. The van der Waals surface area contributed by atoms with Gasteiger partial charge in [0.25, 0.3) is 10.1 Å². The second kappa shape index (κ2) is 3.84. The first-order chi connectivity index (χ1) is 7.54. The molecule has 0 aliphatic heterocycles. The fourth-order valence-electron chi connectivity index (χ4n) is 1.48. The maximum Gasteiger partial charge on any atom is 0.296 e. The van der Waals surface area contributed by atoms with Gasteiger partial charge in [-0.2, -0.15) is 8.42 Å². The Morgan fingerprint density at radius 2 is 1.88 bits per heavy atom. The van der Waals surface area contributed by atoms with E-state index in [2.05, 4.69) is 4.18 Å². The molecule has 0 aliphatic rings. The van der Waals surface area contributed by atoms with Crippen LogP contribution in [0.2, 0.25) is 0 Å². The highest BCUT2D eigenvalue weighted by atomic mass is 32.2. The predicted molar refractivity (Wildman–Crippen MR) is 58.1 cm³/mol. The summed E-state index contributed by atoms with van der Waals surface area (Å²) in [6.07, 6.45) is 0. The second-order valence-electron chi connectivity index (χ2n) is 3.25. The van der Waals surface area contributed by atoms with Crippen molar-refractivity contribution in [2.24, 2.45) is 0 Å². The molecule has 2 aromatic rings. The van der Waals surface area contributed by atoms with Crippen molar-refractivity contribution in [2.75, 3.05) is 7.11 Å². The Kier molecular flexibility index (Phi) is 2.65. The Hall–Kier alpha value is -1.46. The van der Waals surface area contributed by atoms with Crippen LogP contribution in [0.5, 0.6) is 0 Å². The Morgan fingerprint density at radius 3 is 2.56 bits per heavy atom. The molecule has 0 aliphatic carbocycles. The fourth-order valence-corrected chi connectivity index (χ4v) is 2.19. The molecule has 0 saturated carbocycles. The van der Waals surface area contributed by atoms with Gasteiger partial charge in [0.2, 0.25) is 0 Å². The average molecular weight is 240 g/mol. The SMILES string of the molecule is COS(=O)(=O)c1cc(F)c2ccccc2c1. The molecule has 0 heterocycles. The van der Waals surface area contributed by atoms with Crippen LogP contribution in [-0.4, -0.2) is 15.5 Å². The van der Waals surface area contributed by atoms with Gasteiger partial charge in [-0.25, -0.2) is 4.39 Å². The average Bonchev–Trinajstić information content (AvgIpc) is 2.29. The molecule has 0 radical (unpaired) electrons. The molecule has 0 amide bonds. The maximum absolute atomic E-state index is 13.6. The van der Waals surface area contributed by atoms with E-state index in [-0.39, 0.29) is 4.90 Å². The molecule has 2 aromatic carbocycles. The minimum Gasteiger partial charge on any atom is -0.270 e. The summed E-state index contributed by atoms with van der Waals surface area (Å²) in [4.78, 5) is -0.175. The number of hydrogen-bond donors (Lipinski definition) is 0. The Bertz CT molecular complexity index is 635. The highest BCUT2D eigenvalue weighted by Crippen LogP contribution is 2.23. The third kappa shape index (κ3) is 1.79. The molecule has 3 nitrogen and oxygen atoms in total. The molecule has 0 saturated heterocycles. The first-order valence-corrected chi connectivity index (χ1v) is 5.94. The highest BCUT2D eigenvalue weighted by Gasteiger charge is 2.15. The first kappa shape index (κ1) is 11.0. The predicted octanol–water partition coefficient (Wildman–Crippen LogP) is 2.31. The lowest BCUT2D eigenvalue weighted by Gasteiger charge is -2.04. The summed E-state index contributed by atoms with van der Waals surface area (Å²) in [7, 11) is -2.81. The smallest absolute Gasteiger partial charge is 0.270 e. The molecule has 0 fully saturated rings. The van der Waals surface area contributed by atoms with E-state index in [1.54, 1.807) is 24.3 Å². The summed E-state index contributed by atoms with van der Waals surface area (Å²) in [5, 5.41) is 0.913. The summed E-state index contributed by atoms with van der Waals surface area (Å²) in [5.41, 5.74) is 0. The topological polar surface area (TPSA) is 43.4 Å². The molecule has 0 spiro atoms. The fraction of sp³-hybridized carbons (Fsp3) is 0.0909. The lowest BCUT2D eigenvalue weighted by atomic mass is 10.1. The molecule has 0 N–H and O–H groups in total. The van der Waals surface area contributed by atoms with Gasteiger partial charge in [-0.05, 0) is 17.5 Å². The highest BCUT2D eigenvalue weighted by molar-refractivity contribution is 7.86. The van der Waals surface area contributed by atoms with Crippen molar-refractivity contribution in [3.63, 3.8) is 0 Å². The van der Waals surface area contributed by atoms with Crippen molar-refractivity contribution in [2.45, 2.75) is 4.90 Å². The molecule has 0 unspecified atom stereocenters. The lowest BCUT2D eigenvalue weighted by molar-refractivity contribution is 0.397. The maximum atomic E-state index is 13.6. The molecule has 5 heteroatoms. The van der Waals surface area contributed by atoms with Gasteiger partial charge in [-0.15, -0.1) is 0 Å². The van der Waals surface area contributed by atoms with Crippen LogP contribution in [0, 0.1) is 5.82 Å². The van der Waals surface area contributed by atoms with Gasteiger partial charge in [0.1, 0.15) is 5.82 Å². The van der Waals surface area contributed by atoms with E-state index < -0.39 is 15.9 Å². The zero-order chi connectivity index (χ0) is 11.8. The molecule has 2 rings (SSSR count). The van der Waals surface area contributed by atoms with E-state index in [0.717, 1.165) is 13.2 Å². The zero-order valence-corrected chi connectivity index (χ0v) is 9.29. The molecule has 0 atom stereocenters. The van der Waals surface area contributed by atoms with Gasteiger partial charge in [-0.1, -0.05) is 24.3 Å². The third-order valence-corrected chi connectivity index (χ3v) is 3.54. The van der Waals surface area contributed by atoms with Gasteiger partial charge < -0.3 is 0 Å². The monoisotopic (exact) mass is 240 g/mol. The summed E-state index contributed by atoms with van der Waals surface area (Å²) in [6, 6.07) is 8.99. The van der Waals surface area contributed by atoms with E-state index in [1.807, 2.05) is 0 Å². The Balaban J connectivity index is 2.77. The lowest BCUT2D eigenvalue weighted by Crippen LogP contribution is -2.03. The van der Waals surface area contributed by atoms with Crippen molar-refractivity contribution in [3.05, 3.63) is 42.2 Å². The number of benzene rings is 2. The van der Waals surface area contributed by atoms with Gasteiger partial charge in [0.05, 0.1) is 12.0 Å². The largest absolute Gasteiger partial charge is 0.296 e. The van der Waals surface area contributed by atoms with Crippen LogP contribution in [0.3, 0.4) is 0 Å². The Morgan fingerprint density at radius 1 is 1.19 bits per heavy atom. The van der Waals surface area contributed by atoms with E-state index in [1.165, 1.54) is 6.07 Å². The number of fused-ring (bicyclic) bond motifs is 1. The third-order valence-electron chi connectivity index (χ3n) is 2.29. The van der Waals surface area contributed by atoms with Gasteiger partial charge >= 0.3 is 0 Å². The minimum absolute atomic E-state index is 0.175. The van der Waals surface area contributed by atoms with E-state index in [0.29, 0.717) is 10.8 Å². The van der Waals surface area contributed by atoms with Crippen LogP contribution in [0.25, 0.3) is 10.8 Å². The molecular weight excluding hydrogens is 231 g/mol. The van der Waals surface area contributed by atoms with Crippen molar-refractivity contribution in [1.82, 2.24) is 0 Å². The van der Waals surface area contributed by atoms with Crippen molar-refractivity contribution in [1.29, 1.82) is 0 Å². The summed E-state index contributed by atoms with van der Waals surface area (Å²) >= 11 is 0. The minimum atomic E-state index is -3.85. The summed E-state index contributed by atoms with van der Waals surface area (Å²) in [6.45, 7) is 0. The van der Waals surface area contributed by atoms with Crippen LogP contribution >= 0.6 is 0 Å². The quantitative estimate of drug-likeness (QED) is 0.756.